The standard InChI is InChI=1S/C5H7N3S/c6-1-4-2-8(3-4)5(7)9/h4H,2-3H2,(H2,7,9). The van der Waals surface area contributed by atoms with Crippen LogP contribution in [0.15, 0.2) is 0 Å². The summed E-state index contributed by atoms with van der Waals surface area (Å²) in [5.41, 5.74) is 5.26. The van der Waals surface area contributed by atoms with Gasteiger partial charge in [0, 0.05) is 13.1 Å². The smallest absolute Gasteiger partial charge is 0.166 e. The van der Waals surface area contributed by atoms with Crippen molar-refractivity contribution in [2.45, 2.75) is 0 Å². The Morgan fingerprint density at radius 2 is 2.33 bits per heavy atom. The van der Waals surface area contributed by atoms with E-state index in [9.17, 15) is 0 Å². The topological polar surface area (TPSA) is 53.0 Å². The highest BCUT2D eigenvalue weighted by atomic mass is 32.1. The van der Waals surface area contributed by atoms with E-state index < -0.39 is 0 Å². The number of rotatable bonds is 0. The lowest BCUT2D eigenvalue weighted by atomic mass is 10.0. The minimum atomic E-state index is 0.145. The maximum atomic E-state index is 8.32. The summed E-state index contributed by atoms with van der Waals surface area (Å²) in [6.45, 7) is 1.43. The number of nitrogens with two attached hydrogens (primary N) is 1. The fourth-order valence-electron chi connectivity index (χ4n) is 0.740. The first-order chi connectivity index (χ1) is 4.24. The molecular weight excluding hydrogens is 134 g/mol. The normalized spacial score (nSPS) is 18.3. The molecule has 9 heavy (non-hydrogen) atoms. The fourth-order valence-corrected chi connectivity index (χ4v) is 0.889. The lowest BCUT2D eigenvalue weighted by Gasteiger charge is -2.35. The van der Waals surface area contributed by atoms with Crippen LogP contribution in [0, 0.1) is 17.2 Å². The predicted octanol–water partition coefficient (Wildman–Crippen LogP) is -0.315. The van der Waals surface area contributed by atoms with Gasteiger partial charge in [0.15, 0.2) is 5.11 Å². The van der Waals surface area contributed by atoms with E-state index in [1.807, 2.05) is 4.90 Å². The van der Waals surface area contributed by atoms with Crippen LogP contribution in [-0.4, -0.2) is 23.1 Å². The van der Waals surface area contributed by atoms with Crippen LogP contribution in [0.25, 0.3) is 0 Å². The predicted molar refractivity (Wildman–Crippen MR) is 37.5 cm³/mol. The summed E-state index contributed by atoms with van der Waals surface area (Å²) < 4.78 is 0. The second-order valence-electron chi connectivity index (χ2n) is 2.07. The fraction of sp³-hybridized carbons (Fsp3) is 0.600. The Morgan fingerprint density at radius 3 is 2.67 bits per heavy atom. The Bertz CT molecular complexity index is 166. The summed E-state index contributed by atoms with van der Waals surface area (Å²) >= 11 is 4.66. The molecule has 0 unspecified atom stereocenters. The van der Waals surface area contributed by atoms with Crippen molar-refractivity contribution < 1.29 is 0 Å². The van der Waals surface area contributed by atoms with Gasteiger partial charge in [0.1, 0.15) is 0 Å². The van der Waals surface area contributed by atoms with Gasteiger partial charge in [-0.1, -0.05) is 0 Å². The first-order valence-corrected chi connectivity index (χ1v) is 3.09. The third-order valence-electron chi connectivity index (χ3n) is 1.38. The van der Waals surface area contributed by atoms with Gasteiger partial charge in [-0.15, -0.1) is 0 Å². The molecule has 1 saturated heterocycles. The highest BCUT2D eigenvalue weighted by Gasteiger charge is 2.26. The number of nitrogens with zero attached hydrogens (tertiary/aromatic N) is 2. The third-order valence-corrected chi connectivity index (χ3v) is 1.63. The summed E-state index contributed by atoms with van der Waals surface area (Å²) in [6, 6.07) is 2.13. The average molecular weight is 141 g/mol. The summed E-state index contributed by atoms with van der Waals surface area (Å²) in [6.07, 6.45) is 0. The molecule has 0 amide bonds. The Hall–Kier alpha value is -0.820. The zero-order valence-electron chi connectivity index (χ0n) is 4.87. The zero-order valence-corrected chi connectivity index (χ0v) is 5.69. The van der Waals surface area contributed by atoms with Crippen molar-refractivity contribution in [3.8, 4) is 6.07 Å². The Labute approximate surface area is 59.0 Å². The van der Waals surface area contributed by atoms with Gasteiger partial charge in [0.05, 0.1) is 12.0 Å². The molecule has 48 valence electrons. The van der Waals surface area contributed by atoms with E-state index in [0.29, 0.717) is 18.2 Å². The van der Waals surface area contributed by atoms with Crippen LogP contribution >= 0.6 is 12.2 Å². The molecule has 3 nitrogen and oxygen atoms in total. The van der Waals surface area contributed by atoms with E-state index >= 15 is 0 Å². The number of hydrogen-bond donors (Lipinski definition) is 1. The second-order valence-corrected chi connectivity index (χ2v) is 2.49. The summed E-state index contributed by atoms with van der Waals surface area (Å²) in [4.78, 5) is 1.81. The molecule has 0 bridgehead atoms. The van der Waals surface area contributed by atoms with E-state index in [4.69, 9.17) is 11.0 Å². The number of likely N-dealkylation sites (tertiary alicyclic amines) is 1. The summed E-state index contributed by atoms with van der Waals surface area (Å²) in [5, 5.41) is 8.73. The number of thiocarbonyl (C=S) groups is 1. The molecule has 0 atom stereocenters. The van der Waals surface area contributed by atoms with Gasteiger partial charge in [0.2, 0.25) is 0 Å². The van der Waals surface area contributed by atoms with Crippen molar-refractivity contribution in [1.82, 2.24) is 4.90 Å². The molecule has 1 aliphatic rings. The SMILES string of the molecule is N#CC1CN(C(N)=S)C1. The number of nitriles is 1. The van der Waals surface area contributed by atoms with Crippen LogP contribution in [0.3, 0.4) is 0 Å². The zero-order chi connectivity index (χ0) is 6.85. The van der Waals surface area contributed by atoms with E-state index in [0.717, 1.165) is 0 Å². The molecule has 1 rings (SSSR count). The first-order valence-electron chi connectivity index (χ1n) is 2.68. The van der Waals surface area contributed by atoms with Gasteiger partial charge in [-0.05, 0) is 12.2 Å². The Morgan fingerprint density at radius 1 is 1.78 bits per heavy atom. The average Bonchev–Trinajstić information content (AvgIpc) is 1.61. The number of hydrogen-bond acceptors (Lipinski definition) is 2. The minimum absolute atomic E-state index is 0.145. The van der Waals surface area contributed by atoms with Crippen LogP contribution in [0.4, 0.5) is 0 Å². The maximum Gasteiger partial charge on any atom is 0.166 e. The second kappa shape index (κ2) is 2.19. The lowest BCUT2D eigenvalue weighted by Crippen LogP contribution is -2.51. The van der Waals surface area contributed by atoms with Crippen LogP contribution in [-0.2, 0) is 0 Å². The molecule has 0 aromatic heterocycles. The van der Waals surface area contributed by atoms with Crippen LogP contribution in [0.1, 0.15) is 0 Å². The van der Waals surface area contributed by atoms with Crippen molar-refractivity contribution in [2.75, 3.05) is 13.1 Å². The molecule has 1 fully saturated rings. The van der Waals surface area contributed by atoms with Crippen molar-refractivity contribution in [1.29, 1.82) is 5.26 Å². The Balaban J connectivity index is 2.29. The highest BCUT2D eigenvalue weighted by molar-refractivity contribution is 7.80. The molecule has 0 aliphatic carbocycles. The van der Waals surface area contributed by atoms with Gasteiger partial charge < -0.3 is 10.6 Å². The molecule has 0 aromatic rings. The van der Waals surface area contributed by atoms with E-state index in [1.54, 1.807) is 0 Å². The monoisotopic (exact) mass is 141 g/mol. The highest BCUT2D eigenvalue weighted by Crippen LogP contribution is 2.12. The third kappa shape index (κ3) is 1.11. The molecule has 0 radical (unpaired) electrons. The molecule has 1 aliphatic heterocycles. The van der Waals surface area contributed by atoms with Gasteiger partial charge in [-0.3, -0.25) is 0 Å². The van der Waals surface area contributed by atoms with Crippen molar-refractivity contribution in [3.63, 3.8) is 0 Å². The van der Waals surface area contributed by atoms with E-state index in [2.05, 4.69) is 18.3 Å². The van der Waals surface area contributed by atoms with Crippen molar-refractivity contribution in [2.24, 2.45) is 11.7 Å². The molecule has 1 heterocycles. The van der Waals surface area contributed by atoms with Crippen LogP contribution < -0.4 is 5.73 Å². The van der Waals surface area contributed by atoms with Gasteiger partial charge in [0.25, 0.3) is 0 Å². The summed E-state index contributed by atoms with van der Waals surface area (Å²) in [7, 11) is 0. The quantitative estimate of drug-likeness (QED) is 0.470. The van der Waals surface area contributed by atoms with E-state index in [1.165, 1.54) is 0 Å². The van der Waals surface area contributed by atoms with Crippen LogP contribution in [0.2, 0.25) is 0 Å². The van der Waals surface area contributed by atoms with Crippen molar-refractivity contribution >= 4 is 17.3 Å². The maximum absolute atomic E-state index is 8.32. The van der Waals surface area contributed by atoms with Gasteiger partial charge in [-0.2, -0.15) is 5.26 Å². The summed E-state index contributed by atoms with van der Waals surface area (Å²) in [5.74, 6) is 0.145. The van der Waals surface area contributed by atoms with Gasteiger partial charge >= 0.3 is 0 Å². The molecule has 4 heteroatoms. The van der Waals surface area contributed by atoms with E-state index in [-0.39, 0.29) is 5.92 Å². The molecule has 0 saturated carbocycles. The molecule has 0 aromatic carbocycles. The molecular formula is C5H7N3S. The molecule has 0 spiro atoms. The van der Waals surface area contributed by atoms with Crippen LogP contribution in [0.5, 0.6) is 0 Å². The minimum Gasteiger partial charge on any atom is -0.376 e. The Kier molecular flexibility index (Phi) is 1.54. The lowest BCUT2D eigenvalue weighted by molar-refractivity contribution is 0.238. The van der Waals surface area contributed by atoms with Gasteiger partial charge in [-0.25, -0.2) is 0 Å². The molecule has 2 N–H and O–H groups in total. The van der Waals surface area contributed by atoms with Crippen molar-refractivity contribution in [3.05, 3.63) is 0 Å². The first kappa shape index (κ1) is 6.30. The largest absolute Gasteiger partial charge is 0.376 e.